The second-order valence-corrected chi connectivity index (χ2v) is 21.0. The highest BCUT2D eigenvalue weighted by Crippen LogP contribution is 2.46. The van der Waals surface area contributed by atoms with Gasteiger partial charge in [0.05, 0.1) is 43.5 Å². The monoisotopic (exact) mass is 706 g/mol. The Balaban J connectivity index is 1.53. The van der Waals surface area contributed by atoms with Crippen molar-refractivity contribution >= 4 is 48.8 Å². The van der Waals surface area contributed by atoms with E-state index < -0.39 is 54.7 Å². The number of hydrogen-bond donors (Lipinski definition) is 2. The SMILES string of the molecule is CCC1(OC(=O)CCNC(=O)OC(C)(C)C)C(=O)OC([Si](C)(C)C)c2c1cc1n(c2=O)Cc2cc3cc(NC(=O)OC(C)(C)C)ccc3nc2-1. The minimum atomic E-state index is -2.36. The zero-order valence-electron chi connectivity index (χ0n) is 30.4. The van der Waals surface area contributed by atoms with E-state index >= 15 is 0 Å². The first-order valence-electron chi connectivity index (χ1n) is 16.7. The number of alkyl carbamates (subject to hydrolysis) is 1. The highest BCUT2D eigenvalue weighted by Gasteiger charge is 2.55. The van der Waals surface area contributed by atoms with Crippen LogP contribution in [0.2, 0.25) is 19.6 Å². The molecule has 0 aliphatic carbocycles. The molecule has 2 aliphatic rings. The van der Waals surface area contributed by atoms with Crippen molar-refractivity contribution in [2.75, 3.05) is 11.9 Å². The number of anilines is 1. The fourth-order valence-corrected chi connectivity index (χ4v) is 7.75. The number of aromatic nitrogens is 2. The number of pyridine rings is 2. The number of fused-ring (bicyclic) bond motifs is 5. The fourth-order valence-electron chi connectivity index (χ4n) is 6.15. The minimum absolute atomic E-state index is 0.0107. The summed E-state index contributed by atoms with van der Waals surface area (Å²) in [4.78, 5) is 71.0. The number of amides is 2. The topological polar surface area (TPSA) is 164 Å². The number of cyclic esters (lactones) is 1. The maximum atomic E-state index is 14.5. The lowest BCUT2D eigenvalue weighted by atomic mass is 9.85. The summed E-state index contributed by atoms with van der Waals surface area (Å²) in [5.41, 5.74) is -0.794. The molecular formula is C36H46N4O9Si. The molecule has 2 aliphatic heterocycles. The molecule has 5 rings (SSSR count). The summed E-state index contributed by atoms with van der Waals surface area (Å²) in [6.07, 6.45) is -1.50. The summed E-state index contributed by atoms with van der Waals surface area (Å²) in [5, 5.41) is 6.02. The van der Waals surface area contributed by atoms with Gasteiger partial charge >= 0.3 is 24.1 Å². The van der Waals surface area contributed by atoms with E-state index in [9.17, 15) is 24.0 Å². The molecule has 0 saturated heterocycles. The van der Waals surface area contributed by atoms with Gasteiger partial charge in [0.1, 0.15) is 16.9 Å². The summed E-state index contributed by atoms with van der Waals surface area (Å²) in [5.74, 6) is -1.49. The van der Waals surface area contributed by atoms with E-state index in [1.54, 1.807) is 77.3 Å². The van der Waals surface area contributed by atoms with Gasteiger partial charge in [-0.25, -0.2) is 19.4 Å². The van der Waals surface area contributed by atoms with Gasteiger partial charge in [0, 0.05) is 28.7 Å². The van der Waals surface area contributed by atoms with Crippen LogP contribution in [-0.2, 0) is 40.7 Å². The molecule has 0 fully saturated rings. The van der Waals surface area contributed by atoms with Crippen LogP contribution in [0, 0.1) is 0 Å². The van der Waals surface area contributed by atoms with Gasteiger partial charge in [-0.2, -0.15) is 0 Å². The molecule has 4 heterocycles. The quantitative estimate of drug-likeness (QED) is 0.126. The van der Waals surface area contributed by atoms with Gasteiger partial charge < -0.3 is 28.8 Å². The first-order chi connectivity index (χ1) is 23.1. The lowest BCUT2D eigenvalue weighted by Gasteiger charge is -2.42. The molecule has 2 amide bonds. The number of esters is 2. The predicted molar refractivity (Wildman–Crippen MR) is 189 cm³/mol. The van der Waals surface area contributed by atoms with Gasteiger partial charge in [-0.05, 0) is 78.3 Å². The third-order valence-corrected chi connectivity index (χ3v) is 10.2. The van der Waals surface area contributed by atoms with E-state index in [2.05, 4.69) is 10.6 Å². The average molecular weight is 707 g/mol. The van der Waals surface area contributed by atoms with Crippen LogP contribution in [0.5, 0.6) is 0 Å². The number of nitrogens with zero attached hydrogens (tertiary/aromatic N) is 2. The number of benzene rings is 1. The first-order valence-corrected chi connectivity index (χ1v) is 20.3. The lowest BCUT2D eigenvalue weighted by molar-refractivity contribution is -0.190. The molecule has 268 valence electrons. The van der Waals surface area contributed by atoms with Crippen LogP contribution in [-0.4, -0.2) is 59.5 Å². The van der Waals surface area contributed by atoms with Gasteiger partial charge in [0.15, 0.2) is 0 Å². The number of ether oxygens (including phenoxy) is 4. The van der Waals surface area contributed by atoms with Crippen molar-refractivity contribution in [1.29, 1.82) is 0 Å². The highest BCUT2D eigenvalue weighted by atomic mass is 28.3. The number of hydrogen-bond acceptors (Lipinski definition) is 10. The second kappa shape index (κ2) is 12.9. The van der Waals surface area contributed by atoms with E-state index in [0.29, 0.717) is 33.7 Å². The molecule has 2 N–H and O–H groups in total. The van der Waals surface area contributed by atoms with Crippen molar-refractivity contribution in [3.05, 3.63) is 57.4 Å². The fraction of sp³-hybridized carbons (Fsp3) is 0.500. The Labute approximate surface area is 292 Å². The van der Waals surface area contributed by atoms with Crippen LogP contribution in [0.1, 0.15) is 83.7 Å². The van der Waals surface area contributed by atoms with Gasteiger partial charge in [-0.1, -0.05) is 26.6 Å². The van der Waals surface area contributed by atoms with Crippen LogP contribution >= 0.6 is 0 Å². The molecule has 50 heavy (non-hydrogen) atoms. The van der Waals surface area contributed by atoms with E-state index in [0.717, 1.165) is 10.9 Å². The zero-order valence-corrected chi connectivity index (χ0v) is 31.4. The number of nitrogens with one attached hydrogen (secondary N) is 2. The molecule has 2 unspecified atom stereocenters. The third-order valence-electron chi connectivity index (χ3n) is 8.27. The van der Waals surface area contributed by atoms with Crippen molar-refractivity contribution in [2.45, 2.75) is 110 Å². The van der Waals surface area contributed by atoms with Crippen molar-refractivity contribution in [1.82, 2.24) is 14.9 Å². The zero-order chi connectivity index (χ0) is 37.0. The normalized spacial score (nSPS) is 18.4. The van der Waals surface area contributed by atoms with Crippen molar-refractivity contribution in [2.24, 2.45) is 0 Å². The molecule has 1 aromatic carbocycles. The minimum Gasteiger partial charge on any atom is -0.458 e. The highest BCUT2D eigenvalue weighted by molar-refractivity contribution is 6.77. The molecule has 13 nitrogen and oxygen atoms in total. The summed E-state index contributed by atoms with van der Waals surface area (Å²) in [6.45, 7) is 18.4. The van der Waals surface area contributed by atoms with Crippen LogP contribution in [0.25, 0.3) is 22.3 Å². The Morgan fingerprint density at radius 2 is 1.66 bits per heavy atom. The molecule has 0 saturated carbocycles. The predicted octanol–water partition coefficient (Wildman–Crippen LogP) is 6.31. The van der Waals surface area contributed by atoms with Gasteiger partial charge in [0.25, 0.3) is 5.56 Å². The van der Waals surface area contributed by atoms with Crippen LogP contribution < -0.4 is 16.2 Å². The summed E-state index contributed by atoms with van der Waals surface area (Å²) < 4.78 is 24.2. The van der Waals surface area contributed by atoms with Crippen LogP contribution in [0.4, 0.5) is 15.3 Å². The van der Waals surface area contributed by atoms with E-state index in [1.807, 2.05) is 25.7 Å². The maximum absolute atomic E-state index is 14.5. The molecule has 3 aromatic rings. The summed E-state index contributed by atoms with van der Waals surface area (Å²) in [6, 6.07) is 8.93. The number of carbonyl (C=O) groups excluding carboxylic acids is 4. The Bertz CT molecular complexity index is 1950. The molecule has 14 heteroatoms. The van der Waals surface area contributed by atoms with Crippen molar-refractivity contribution in [3.63, 3.8) is 0 Å². The molecule has 2 atom stereocenters. The molecule has 0 radical (unpaired) electrons. The molecular weight excluding hydrogens is 661 g/mol. The number of rotatable bonds is 7. The Morgan fingerprint density at radius 3 is 2.28 bits per heavy atom. The van der Waals surface area contributed by atoms with Crippen LogP contribution in [0.15, 0.2) is 35.1 Å². The smallest absolute Gasteiger partial charge is 0.412 e. The third kappa shape index (κ3) is 7.39. The standard InChI is InChI=1S/C36H46N4O9Si/c1-11-36(47-26(41)14-15-37-32(44)48-34(2,3)4)23-18-25-28-21(19-40(25)29(42)27(23)30(46-31(36)43)50(8,9)10)16-20-17-22(12-13-24(20)39-28)38-33(45)49-35(5,6)7/h12-13,16-18,30H,11,14-15,19H2,1-10H3,(H,37,44)(H,38,45). The maximum Gasteiger partial charge on any atom is 0.412 e. The van der Waals surface area contributed by atoms with E-state index in [1.165, 1.54) is 0 Å². The number of carbonyl (C=O) groups is 4. The van der Waals surface area contributed by atoms with E-state index in [4.69, 9.17) is 23.9 Å². The Morgan fingerprint density at radius 1 is 1.00 bits per heavy atom. The van der Waals surface area contributed by atoms with Gasteiger partial charge in [-0.3, -0.25) is 14.9 Å². The molecule has 2 aromatic heterocycles. The largest absolute Gasteiger partial charge is 0.458 e. The van der Waals surface area contributed by atoms with Crippen molar-refractivity contribution in [3.8, 4) is 11.4 Å². The van der Waals surface area contributed by atoms with Crippen molar-refractivity contribution < 1.29 is 38.1 Å². The van der Waals surface area contributed by atoms with Gasteiger partial charge in [-0.15, -0.1) is 0 Å². The van der Waals surface area contributed by atoms with Gasteiger partial charge in [0.2, 0.25) is 5.60 Å². The summed E-state index contributed by atoms with van der Waals surface area (Å²) >= 11 is 0. The average Bonchev–Trinajstić information content (AvgIpc) is 3.32. The first kappa shape index (κ1) is 36.6. The second-order valence-electron chi connectivity index (χ2n) is 15.8. The Kier molecular flexibility index (Phi) is 9.41. The Hall–Kier alpha value is -4.72. The molecule has 0 bridgehead atoms. The molecule has 0 spiro atoms. The van der Waals surface area contributed by atoms with Crippen LogP contribution in [0.3, 0.4) is 0 Å². The van der Waals surface area contributed by atoms with E-state index in [-0.39, 0.29) is 31.5 Å². The summed E-state index contributed by atoms with van der Waals surface area (Å²) in [7, 11) is -2.36. The lowest BCUT2D eigenvalue weighted by Crippen LogP contribution is -2.53.